The molecule has 1 saturated heterocycles. The van der Waals surface area contributed by atoms with E-state index in [1.807, 2.05) is 31.2 Å². The smallest absolute Gasteiger partial charge is 0.220 e. The molecular weight excluding hydrogens is 254 g/mol. The SMILES string of the molecule is Cc1ccc(C(=O)CCC(=O)NCC2CCCO2)cc1. The van der Waals surface area contributed by atoms with Crippen LogP contribution in [-0.4, -0.2) is 30.9 Å². The molecule has 1 atom stereocenters. The van der Waals surface area contributed by atoms with Gasteiger partial charge < -0.3 is 10.1 Å². The van der Waals surface area contributed by atoms with Gasteiger partial charge in [-0.3, -0.25) is 9.59 Å². The normalized spacial score (nSPS) is 17.9. The molecule has 1 fully saturated rings. The maximum absolute atomic E-state index is 11.9. The lowest BCUT2D eigenvalue weighted by atomic mass is 10.0. The van der Waals surface area contributed by atoms with Gasteiger partial charge in [0.15, 0.2) is 5.78 Å². The third-order valence-corrected chi connectivity index (χ3v) is 3.50. The summed E-state index contributed by atoms with van der Waals surface area (Å²) in [7, 11) is 0. The van der Waals surface area contributed by atoms with Gasteiger partial charge in [-0.15, -0.1) is 0 Å². The lowest BCUT2D eigenvalue weighted by Gasteiger charge is -2.10. The van der Waals surface area contributed by atoms with E-state index in [1.54, 1.807) is 0 Å². The Labute approximate surface area is 119 Å². The molecule has 0 radical (unpaired) electrons. The fourth-order valence-electron chi connectivity index (χ4n) is 2.23. The number of rotatable bonds is 6. The summed E-state index contributed by atoms with van der Waals surface area (Å²) >= 11 is 0. The van der Waals surface area contributed by atoms with Crippen molar-refractivity contribution in [3.05, 3.63) is 35.4 Å². The summed E-state index contributed by atoms with van der Waals surface area (Å²) in [6.45, 7) is 3.32. The van der Waals surface area contributed by atoms with Crippen molar-refractivity contribution in [3.8, 4) is 0 Å². The predicted octanol–water partition coefficient (Wildman–Crippen LogP) is 2.25. The summed E-state index contributed by atoms with van der Waals surface area (Å²) in [6, 6.07) is 7.43. The first-order chi connectivity index (χ1) is 9.65. The minimum atomic E-state index is -0.0824. The van der Waals surface area contributed by atoms with Gasteiger partial charge in [0.1, 0.15) is 0 Å². The molecule has 108 valence electrons. The largest absolute Gasteiger partial charge is 0.376 e. The highest BCUT2D eigenvalue weighted by Crippen LogP contribution is 2.11. The first kappa shape index (κ1) is 14.7. The van der Waals surface area contributed by atoms with Crippen molar-refractivity contribution in [2.45, 2.75) is 38.7 Å². The highest BCUT2D eigenvalue weighted by molar-refractivity contribution is 5.97. The van der Waals surface area contributed by atoms with E-state index in [2.05, 4.69) is 5.32 Å². The fraction of sp³-hybridized carbons (Fsp3) is 0.500. The number of hydrogen-bond acceptors (Lipinski definition) is 3. The van der Waals surface area contributed by atoms with Crippen molar-refractivity contribution >= 4 is 11.7 Å². The Morgan fingerprint density at radius 1 is 1.25 bits per heavy atom. The monoisotopic (exact) mass is 275 g/mol. The summed E-state index contributed by atoms with van der Waals surface area (Å²) in [5.74, 6) is -0.0711. The lowest BCUT2D eigenvalue weighted by molar-refractivity contribution is -0.121. The lowest BCUT2D eigenvalue weighted by Crippen LogP contribution is -2.31. The van der Waals surface area contributed by atoms with E-state index in [9.17, 15) is 9.59 Å². The van der Waals surface area contributed by atoms with Gasteiger partial charge in [0.25, 0.3) is 0 Å². The van der Waals surface area contributed by atoms with Crippen molar-refractivity contribution in [1.29, 1.82) is 0 Å². The van der Waals surface area contributed by atoms with E-state index in [1.165, 1.54) is 0 Å². The van der Waals surface area contributed by atoms with Crippen LogP contribution >= 0.6 is 0 Å². The maximum Gasteiger partial charge on any atom is 0.220 e. The van der Waals surface area contributed by atoms with Crippen LogP contribution in [0.3, 0.4) is 0 Å². The second-order valence-electron chi connectivity index (χ2n) is 5.23. The summed E-state index contributed by atoms with van der Waals surface area (Å²) < 4.78 is 5.43. The number of hydrogen-bond donors (Lipinski definition) is 1. The molecule has 1 heterocycles. The van der Waals surface area contributed by atoms with Crippen LogP contribution in [0.4, 0.5) is 0 Å². The molecule has 1 amide bonds. The summed E-state index contributed by atoms with van der Waals surface area (Å²) in [4.78, 5) is 23.6. The topological polar surface area (TPSA) is 55.4 Å². The molecule has 0 aliphatic carbocycles. The number of ketones is 1. The number of benzene rings is 1. The quantitative estimate of drug-likeness (QED) is 0.810. The van der Waals surface area contributed by atoms with Crippen LogP contribution in [0.5, 0.6) is 0 Å². The van der Waals surface area contributed by atoms with Gasteiger partial charge in [0, 0.05) is 31.6 Å². The minimum Gasteiger partial charge on any atom is -0.376 e. The van der Waals surface area contributed by atoms with E-state index in [0.717, 1.165) is 25.0 Å². The number of carbonyl (C=O) groups is 2. The first-order valence-corrected chi connectivity index (χ1v) is 7.13. The molecule has 1 unspecified atom stereocenters. The zero-order valence-electron chi connectivity index (χ0n) is 11.9. The molecule has 1 aliphatic rings. The van der Waals surface area contributed by atoms with Gasteiger partial charge in [0.2, 0.25) is 5.91 Å². The number of nitrogens with one attached hydrogen (secondary N) is 1. The highest BCUT2D eigenvalue weighted by atomic mass is 16.5. The Morgan fingerprint density at radius 2 is 2.00 bits per heavy atom. The van der Waals surface area contributed by atoms with Crippen LogP contribution in [0.2, 0.25) is 0 Å². The van der Waals surface area contributed by atoms with Crippen molar-refractivity contribution in [2.24, 2.45) is 0 Å². The molecule has 0 bridgehead atoms. The van der Waals surface area contributed by atoms with Crippen LogP contribution in [0.1, 0.15) is 41.6 Å². The number of aryl methyl sites for hydroxylation is 1. The standard InChI is InChI=1S/C16H21NO3/c1-12-4-6-13(7-5-12)15(18)8-9-16(19)17-11-14-3-2-10-20-14/h4-7,14H,2-3,8-11H2,1H3,(H,17,19). The van der Waals surface area contributed by atoms with Gasteiger partial charge in [-0.05, 0) is 19.8 Å². The van der Waals surface area contributed by atoms with E-state index >= 15 is 0 Å². The van der Waals surface area contributed by atoms with Crippen LogP contribution in [0, 0.1) is 6.92 Å². The molecule has 0 aromatic heterocycles. The van der Waals surface area contributed by atoms with Crippen LogP contribution in [0.15, 0.2) is 24.3 Å². The maximum atomic E-state index is 11.9. The zero-order valence-corrected chi connectivity index (χ0v) is 11.9. The minimum absolute atomic E-state index is 0.0114. The molecular formula is C16H21NO3. The summed E-state index contributed by atoms with van der Waals surface area (Å²) in [5, 5.41) is 2.82. The van der Waals surface area contributed by atoms with E-state index in [4.69, 9.17) is 4.74 Å². The van der Waals surface area contributed by atoms with Gasteiger partial charge in [-0.1, -0.05) is 29.8 Å². The molecule has 20 heavy (non-hydrogen) atoms. The molecule has 2 rings (SSSR count). The average Bonchev–Trinajstić information content (AvgIpc) is 2.96. The summed E-state index contributed by atoms with van der Waals surface area (Å²) in [5.41, 5.74) is 1.79. The van der Waals surface area contributed by atoms with Crippen molar-refractivity contribution in [1.82, 2.24) is 5.32 Å². The second-order valence-corrected chi connectivity index (χ2v) is 5.23. The van der Waals surface area contributed by atoms with E-state index in [0.29, 0.717) is 12.1 Å². The highest BCUT2D eigenvalue weighted by Gasteiger charge is 2.16. The Hall–Kier alpha value is -1.68. The van der Waals surface area contributed by atoms with Gasteiger partial charge in [-0.25, -0.2) is 0 Å². The van der Waals surface area contributed by atoms with Crippen molar-refractivity contribution in [3.63, 3.8) is 0 Å². The first-order valence-electron chi connectivity index (χ1n) is 7.13. The van der Waals surface area contributed by atoms with Crippen LogP contribution in [-0.2, 0) is 9.53 Å². The van der Waals surface area contributed by atoms with Crippen molar-refractivity contribution in [2.75, 3.05) is 13.2 Å². The van der Waals surface area contributed by atoms with Gasteiger partial charge in [-0.2, -0.15) is 0 Å². The Bertz CT molecular complexity index is 461. The molecule has 1 aliphatic heterocycles. The Kier molecular flexibility index (Phi) is 5.30. The molecule has 1 aromatic carbocycles. The molecule has 1 N–H and O–H groups in total. The summed E-state index contributed by atoms with van der Waals surface area (Å²) in [6.07, 6.45) is 2.70. The van der Waals surface area contributed by atoms with Crippen LogP contribution < -0.4 is 5.32 Å². The third-order valence-electron chi connectivity index (χ3n) is 3.50. The number of ether oxygens (including phenoxy) is 1. The second kappa shape index (κ2) is 7.20. The Morgan fingerprint density at radius 3 is 2.65 bits per heavy atom. The molecule has 0 spiro atoms. The van der Waals surface area contributed by atoms with Crippen molar-refractivity contribution < 1.29 is 14.3 Å². The predicted molar refractivity (Wildman–Crippen MR) is 76.7 cm³/mol. The number of amides is 1. The average molecular weight is 275 g/mol. The number of carbonyl (C=O) groups excluding carboxylic acids is 2. The van der Waals surface area contributed by atoms with Gasteiger partial charge >= 0.3 is 0 Å². The molecule has 4 nitrogen and oxygen atoms in total. The molecule has 1 aromatic rings. The van der Waals surface area contributed by atoms with Gasteiger partial charge in [0.05, 0.1) is 6.10 Å². The van der Waals surface area contributed by atoms with E-state index < -0.39 is 0 Å². The Balaban J connectivity index is 1.69. The number of Topliss-reactive ketones (excluding diaryl/α,β-unsaturated/α-hetero) is 1. The molecule has 4 heteroatoms. The zero-order chi connectivity index (χ0) is 14.4. The molecule has 0 saturated carbocycles. The third kappa shape index (κ3) is 4.46. The van der Waals surface area contributed by atoms with E-state index in [-0.39, 0.29) is 30.6 Å². The van der Waals surface area contributed by atoms with Crippen LogP contribution in [0.25, 0.3) is 0 Å². The fourth-order valence-corrected chi connectivity index (χ4v) is 2.23.